The molecule has 4 heteroatoms. The molecule has 2 N–H and O–H groups in total. The van der Waals surface area contributed by atoms with Crippen molar-refractivity contribution in [3.8, 4) is 11.5 Å². The largest absolute Gasteiger partial charge is 0.506 e. The second-order valence-electron chi connectivity index (χ2n) is 6.20. The number of amides is 1. The van der Waals surface area contributed by atoms with Gasteiger partial charge in [0.05, 0.1) is 18.7 Å². The third kappa shape index (κ3) is 3.58. The fourth-order valence-electron chi connectivity index (χ4n) is 2.78. The predicted octanol–water partition coefficient (Wildman–Crippen LogP) is 4.60. The van der Waals surface area contributed by atoms with Crippen LogP contribution in [0, 0.1) is 6.92 Å². The van der Waals surface area contributed by atoms with E-state index in [1.54, 1.807) is 19.2 Å². The second-order valence-corrected chi connectivity index (χ2v) is 6.20. The molecule has 3 aromatic carbocycles. The van der Waals surface area contributed by atoms with E-state index in [9.17, 15) is 9.90 Å². The molecule has 0 aliphatic rings. The van der Waals surface area contributed by atoms with E-state index in [0.717, 1.165) is 27.6 Å². The number of benzene rings is 3. The number of nitrogens with one attached hydrogen (secondary N) is 1. The average molecular weight is 335 g/mol. The Morgan fingerprint density at radius 2 is 1.76 bits per heavy atom. The molecule has 1 atom stereocenters. The van der Waals surface area contributed by atoms with E-state index in [1.165, 1.54) is 0 Å². The monoisotopic (exact) mass is 335 g/mol. The van der Waals surface area contributed by atoms with Crippen molar-refractivity contribution in [3.63, 3.8) is 0 Å². The third-order valence-corrected chi connectivity index (χ3v) is 4.38. The molecule has 0 spiro atoms. The van der Waals surface area contributed by atoms with Crippen LogP contribution in [0.3, 0.4) is 0 Å². The highest BCUT2D eigenvalue weighted by atomic mass is 16.5. The minimum absolute atomic E-state index is 0.0751. The molecular weight excluding hydrogens is 314 g/mol. The Balaban J connectivity index is 1.82. The normalized spacial score (nSPS) is 12.0. The van der Waals surface area contributed by atoms with Crippen molar-refractivity contribution in [2.24, 2.45) is 0 Å². The molecule has 0 bridgehead atoms. The molecule has 0 saturated carbocycles. The van der Waals surface area contributed by atoms with Crippen molar-refractivity contribution in [1.82, 2.24) is 0 Å². The van der Waals surface area contributed by atoms with Gasteiger partial charge in [-0.2, -0.15) is 0 Å². The van der Waals surface area contributed by atoms with Gasteiger partial charge in [0.1, 0.15) is 11.5 Å². The van der Waals surface area contributed by atoms with E-state index in [1.807, 2.05) is 56.3 Å². The van der Waals surface area contributed by atoms with E-state index >= 15 is 0 Å². The zero-order chi connectivity index (χ0) is 18.0. The molecule has 1 amide bonds. The van der Waals surface area contributed by atoms with Crippen LogP contribution >= 0.6 is 0 Å². The molecule has 0 aromatic heterocycles. The lowest BCUT2D eigenvalue weighted by Crippen LogP contribution is -2.18. The van der Waals surface area contributed by atoms with E-state index in [-0.39, 0.29) is 17.6 Å². The summed E-state index contributed by atoms with van der Waals surface area (Å²) in [5.74, 6) is 0.381. The summed E-state index contributed by atoms with van der Waals surface area (Å²) in [4.78, 5) is 12.5. The summed E-state index contributed by atoms with van der Waals surface area (Å²) in [5.41, 5.74) is 2.28. The molecule has 0 unspecified atom stereocenters. The molecule has 128 valence electrons. The highest BCUT2D eigenvalue weighted by Crippen LogP contribution is 2.28. The Labute approximate surface area is 147 Å². The Bertz CT molecular complexity index is 934. The van der Waals surface area contributed by atoms with E-state index < -0.39 is 0 Å². The molecule has 0 radical (unpaired) electrons. The van der Waals surface area contributed by atoms with Crippen LogP contribution in [-0.2, 0) is 4.79 Å². The Morgan fingerprint density at radius 1 is 1.04 bits per heavy atom. The number of anilines is 1. The number of hydrogen-bond acceptors (Lipinski definition) is 3. The maximum absolute atomic E-state index is 12.5. The van der Waals surface area contributed by atoms with Gasteiger partial charge in [0.15, 0.2) is 0 Å². The summed E-state index contributed by atoms with van der Waals surface area (Å²) in [6.07, 6.45) is 0. The van der Waals surface area contributed by atoms with Gasteiger partial charge in [-0.3, -0.25) is 4.79 Å². The maximum Gasteiger partial charge on any atom is 0.231 e. The van der Waals surface area contributed by atoms with Gasteiger partial charge in [-0.05, 0) is 60.0 Å². The molecule has 3 rings (SSSR count). The summed E-state index contributed by atoms with van der Waals surface area (Å²) in [6, 6.07) is 17.0. The van der Waals surface area contributed by atoms with Crippen molar-refractivity contribution in [2.75, 3.05) is 12.4 Å². The van der Waals surface area contributed by atoms with Crippen molar-refractivity contribution in [2.45, 2.75) is 19.8 Å². The van der Waals surface area contributed by atoms with Crippen molar-refractivity contribution >= 4 is 22.4 Å². The van der Waals surface area contributed by atoms with Crippen LogP contribution in [0.5, 0.6) is 11.5 Å². The lowest BCUT2D eigenvalue weighted by molar-refractivity contribution is -0.117. The highest BCUT2D eigenvalue weighted by molar-refractivity contribution is 5.97. The van der Waals surface area contributed by atoms with Crippen molar-refractivity contribution in [3.05, 3.63) is 65.7 Å². The number of phenols is 1. The molecule has 3 aromatic rings. The quantitative estimate of drug-likeness (QED) is 0.685. The van der Waals surface area contributed by atoms with Crippen LogP contribution in [0.25, 0.3) is 10.8 Å². The standard InChI is InChI=1S/C21H21NO3/c1-13-4-9-19(20(23)10-13)22-21(24)14(2)15-5-6-17-12-18(25-3)8-7-16(17)11-15/h4-12,14,23H,1-3H3,(H,22,24)/t14-/m0/s1. The first-order valence-corrected chi connectivity index (χ1v) is 8.16. The van der Waals surface area contributed by atoms with Gasteiger partial charge in [-0.25, -0.2) is 0 Å². The first-order valence-electron chi connectivity index (χ1n) is 8.16. The molecule has 0 fully saturated rings. The van der Waals surface area contributed by atoms with Gasteiger partial charge in [-0.1, -0.05) is 30.3 Å². The number of fused-ring (bicyclic) bond motifs is 1. The summed E-state index contributed by atoms with van der Waals surface area (Å²) >= 11 is 0. The molecule has 0 aliphatic heterocycles. The van der Waals surface area contributed by atoms with Crippen LogP contribution in [0.15, 0.2) is 54.6 Å². The molecular formula is C21H21NO3. The third-order valence-electron chi connectivity index (χ3n) is 4.38. The number of carbonyl (C=O) groups excluding carboxylic acids is 1. The Morgan fingerprint density at radius 3 is 2.48 bits per heavy atom. The molecule has 4 nitrogen and oxygen atoms in total. The van der Waals surface area contributed by atoms with Crippen LogP contribution in [0.1, 0.15) is 24.0 Å². The maximum atomic E-state index is 12.5. The van der Waals surface area contributed by atoms with Gasteiger partial charge in [0, 0.05) is 0 Å². The predicted molar refractivity (Wildman–Crippen MR) is 100 cm³/mol. The van der Waals surface area contributed by atoms with Gasteiger partial charge < -0.3 is 15.2 Å². The number of phenolic OH excluding ortho intramolecular Hbond substituents is 1. The molecule has 25 heavy (non-hydrogen) atoms. The second kappa shape index (κ2) is 6.85. The minimum atomic E-state index is -0.341. The van der Waals surface area contributed by atoms with Gasteiger partial charge in [0.2, 0.25) is 5.91 Å². The Kier molecular flexibility index (Phi) is 4.61. The zero-order valence-corrected chi connectivity index (χ0v) is 14.5. The number of aryl methyl sites for hydroxylation is 1. The zero-order valence-electron chi connectivity index (χ0n) is 14.5. The van der Waals surface area contributed by atoms with Crippen LogP contribution in [-0.4, -0.2) is 18.1 Å². The van der Waals surface area contributed by atoms with E-state index in [2.05, 4.69) is 5.32 Å². The number of rotatable bonds is 4. The fraction of sp³-hybridized carbons (Fsp3) is 0.190. The van der Waals surface area contributed by atoms with Crippen molar-refractivity contribution in [1.29, 1.82) is 0 Å². The summed E-state index contributed by atoms with van der Waals surface area (Å²) in [6.45, 7) is 3.74. The summed E-state index contributed by atoms with van der Waals surface area (Å²) in [7, 11) is 1.64. The Hall–Kier alpha value is -3.01. The summed E-state index contributed by atoms with van der Waals surface area (Å²) in [5, 5.41) is 14.9. The molecule has 0 aliphatic carbocycles. The lowest BCUT2D eigenvalue weighted by Gasteiger charge is -2.14. The molecule has 0 heterocycles. The van der Waals surface area contributed by atoms with Gasteiger partial charge >= 0.3 is 0 Å². The van der Waals surface area contributed by atoms with Gasteiger partial charge in [0.25, 0.3) is 0 Å². The van der Waals surface area contributed by atoms with E-state index in [0.29, 0.717) is 5.69 Å². The number of aromatic hydroxyl groups is 1. The van der Waals surface area contributed by atoms with Crippen LogP contribution in [0.4, 0.5) is 5.69 Å². The van der Waals surface area contributed by atoms with Gasteiger partial charge in [-0.15, -0.1) is 0 Å². The average Bonchev–Trinajstić information content (AvgIpc) is 2.62. The number of hydrogen-bond donors (Lipinski definition) is 2. The number of methoxy groups -OCH3 is 1. The SMILES string of the molecule is COc1ccc2cc([C@H](C)C(=O)Nc3ccc(C)cc3O)ccc2c1. The van der Waals surface area contributed by atoms with E-state index in [4.69, 9.17) is 4.74 Å². The fourth-order valence-corrected chi connectivity index (χ4v) is 2.78. The number of ether oxygens (including phenoxy) is 1. The lowest BCUT2D eigenvalue weighted by atomic mass is 9.97. The number of carbonyl (C=O) groups is 1. The van der Waals surface area contributed by atoms with Crippen LogP contribution in [0.2, 0.25) is 0 Å². The minimum Gasteiger partial charge on any atom is -0.506 e. The van der Waals surface area contributed by atoms with Crippen LogP contribution < -0.4 is 10.1 Å². The first kappa shape index (κ1) is 16.8. The highest BCUT2D eigenvalue weighted by Gasteiger charge is 2.17. The first-order chi connectivity index (χ1) is 12.0. The molecule has 0 saturated heterocycles. The van der Waals surface area contributed by atoms with Crippen molar-refractivity contribution < 1.29 is 14.6 Å². The summed E-state index contributed by atoms with van der Waals surface area (Å²) < 4.78 is 5.24. The topological polar surface area (TPSA) is 58.6 Å². The smallest absolute Gasteiger partial charge is 0.231 e.